The van der Waals surface area contributed by atoms with E-state index < -0.39 is 0 Å². The molecule has 0 aliphatic carbocycles. The first-order valence-corrected chi connectivity index (χ1v) is 9.24. The lowest BCUT2D eigenvalue weighted by atomic mass is 9.98. The number of nitrogens with one attached hydrogen (secondary N) is 1. The first kappa shape index (κ1) is 18.0. The highest BCUT2D eigenvalue weighted by Crippen LogP contribution is 2.24. The van der Waals surface area contributed by atoms with Gasteiger partial charge in [0.25, 0.3) is 0 Å². The number of aromatic nitrogens is 1. The number of anilines is 2. The lowest BCUT2D eigenvalue weighted by molar-refractivity contribution is -0.117. The van der Waals surface area contributed by atoms with Crippen LogP contribution in [-0.2, 0) is 16.0 Å². The predicted octanol–water partition coefficient (Wildman–Crippen LogP) is 3.30. The smallest absolute Gasteiger partial charge is 0.225 e. The molecule has 1 N–H and O–H groups in total. The summed E-state index contributed by atoms with van der Waals surface area (Å²) >= 11 is 1.37. The fourth-order valence-corrected chi connectivity index (χ4v) is 3.66. The van der Waals surface area contributed by atoms with Crippen LogP contribution in [0.1, 0.15) is 41.9 Å². The molecule has 0 spiro atoms. The number of benzene rings is 1. The van der Waals surface area contributed by atoms with Gasteiger partial charge in [0.2, 0.25) is 11.8 Å². The molecule has 2 amide bonds. The van der Waals surface area contributed by atoms with Crippen LogP contribution in [0, 0.1) is 0 Å². The average molecular weight is 369 g/mol. The van der Waals surface area contributed by atoms with Crippen LogP contribution in [0.5, 0.6) is 0 Å². The number of carbonyl (C=O) groups excluding carboxylic acids is 3. The van der Waals surface area contributed by atoms with Crippen LogP contribution in [0.25, 0.3) is 6.08 Å². The van der Waals surface area contributed by atoms with Gasteiger partial charge in [0.1, 0.15) is 0 Å². The third-order valence-electron chi connectivity index (χ3n) is 4.13. The molecule has 7 heteroatoms. The maximum absolute atomic E-state index is 12.4. The molecule has 26 heavy (non-hydrogen) atoms. The number of fused-ring (bicyclic) bond motifs is 1. The highest BCUT2D eigenvalue weighted by Gasteiger charge is 2.16. The first-order chi connectivity index (χ1) is 12.5. The number of thiazole rings is 1. The molecule has 0 saturated heterocycles. The SMILES string of the molecule is CCN(C(C)=O)c1nc(/C=C\C(=O)c2ccc3c(c2)CCC(=O)N3)cs1. The van der Waals surface area contributed by atoms with E-state index in [-0.39, 0.29) is 17.6 Å². The van der Waals surface area contributed by atoms with Gasteiger partial charge in [-0.15, -0.1) is 11.3 Å². The van der Waals surface area contributed by atoms with Crippen LogP contribution in [0.3, 0.4) is 0 Å². The number of aryl methyl sites for hydroxylation is 1. The van der Waals surface area contributed by atoms with Gasteiger partial charge in [-0.2, -0.15) is 0 Å². The van der Waals surface area contributed by atoms with Crippen molar-refractivity contribution in [3.05, 3.63) is 46.5 Å². The van der Waals surface area contributed by atoms with Gasteiger partial charge in [-0.1, -0.05) is 0 Å². The molecule has 1 aliphatic rings. The van der Waals surface area contributed by atoms with Crippen LogP contribution in [0.4, 0.5) is 10.8 Å². The normalized spacial score (nSPS) is 13.4. The third-order valence-corrected chi connectivity index (χ3v) is 5.01. The van der Waals surface area contributed by atoms with Crippen LogP contribution in [0.15, 0.2) is 29.7 Å². The Bertz CT molecular complexity index is 901. The molecule has 2 aromatic rings. The van der Waals surface area contributed by atoms with Gasteiger partial charge in [-0.25, -0.2) is 4.98 Å². The molecule has 6 nitrogen and oxygen atoms in total. The molecule has 134 valence electrons. The van der Waals surface area contributed by atoms with Gasteiger partial charge in [0.15, 0.2) is 10.9 Å². The topological polar surface area (TPSA) is 79.4 Å². The Hall–Kier alpha value is -2.80. The summed E-state index contributed by atoms with van der Waals surface area (Å²) in [6.07, 6.45) is 4.20. The summed E-state index contributed by atoms with van der Waals surface area (Å²) in [5, 5.41) is 5.24. The molecule has 0 unspecified atom stereocenters. The van der Waals surface area contributed by atoms with Gasteiger partial charge in [0.05, 0.1) is 5.69 Å². The number of carbonyl (C=O) groups is 3. The summed E-state index contributed by atoms with van der Waals surface area (Å²) in [5.41, 5.74) is 2.96. The Labute approximate surface area is 155 Å². The van der Waals surface area contributed by atoms with Gasteiger partial charge >= 0.3 is 0 Å². The zero-order chi connectivity index (χ0) is 18.7. The Morgan fingerprint density at radius 1 is 1.35 bits per heavy atom. The lowest BCUT2D eigenvalue weighted by Gasteiger charge is -2.16. The van der Waals surface area contributed by atoms with Gasteiger partial charge < -0.3 is 5.32 Å². The molecule has 2 heterocycles. The summed E-state index contributed by atoms with van der Waals surface area (Å²) in [4.78, 5) is 41.3. The van der Waals surface area contributed by atoms with Crippen molar-refractivity contribution in [2.24, 2.45) is 0 Å². The van der Waals surface area contributed by atoms with Crippen LogP contribution >= 0.6 is 11.3 Å². The third kappa shape index (κ3) is 3.88. The van der Waals surface area contributed by atoms with Crippen LogP contribution in [-0.4, -0.2) is 29.1 Å². The molecule has 1 aromatic carbocycles. The zero-order valence-corrected chi connectivity index (χ0v) is 15.4. The molecule has 0 saturated carbocycles. The van der Waals surface area contributed by atoms with E-state index in [1.807, 2.05) is 18.4 Å². The largest absolute Gasteiger partial charge is 0.326 e. The second-order valence-corrected chi connectivity index (χ2v) is 6.77. The first-order valence-electron chi connectivity index (χ1n) is 8.36. The Kier molecular flexibility index (Phi) is 5.27. The van der Waals surface area contributed by atoms with Crippen molar-refractivity contribution in [1.82, 2.24) is 4.98 Å². The Balaban J connectivity index is 1.73. The molecule has 1 aromatic heterocycles. The number of hydrogen-bond donors (Lipinski definition) is 1. The highest BCUT2D eigenvalue weighted by molar-refractivity contribution is 7.14. The lowest BCUT2D eigenvalue weighted by Crippen LogP contribution is -2.27. The molecule has 0 fully saturated rings. The number of amides is 2. The van der Waals surface area contributed by atoms with E-state index in [0.717, 1.165) is 11.3 Å². The fourth-order valence-electron chi connectivity index (χ4n) is 2.76. The standard InChI is InChI=1S/C19H19N3O3S/c1-3-22(12(2)23)19-20-15(11-26-19)6-8-17(24)14-4-7-16-13(10-14)5-9-18(25)21-16/h4,6-8,10-11H,3,5,9H2,1-2H3,(H,21,25)/b8-6-. The maximum Gasteiger partial charge on any atom is 0.225 e. The summed E-state index contributed by atoms with van der Waals surface area (Å²) in [6, 6.07) is 5.29. The van der Waals surface area contributed by atoms with Crippen LogP contribution in [0.2, 0.25) is 0 Å². The molecular formula is C19H19N3O3S. The second kappa shape index (κ2) is 7.61. The minimum absolute atomic E-state index is 0.00231. The number of ketones is 1. The predicted molar refractivity (Wildman–Crippen MR) is 103 cm³/mol. The zero-order valence-electron chi connectivity index (χ0n) is 14.6. The molecule has 0 bridgehead atoms. The van der Waals surface area contributed by atoms with E-state index in [2.05, 4.69) is 10.3 Å². The van der Waals surface area contributed by atoms with E-state index in [4.69, 9.17) is 0 Å². The van der Waals surface area contributed by atoms with E-state index in [0.29, 0.717) is 35.8 Å². The van der Waals surface area contributed by atoms with Crippen molar-refractivity contribution in [3.8, 4) is 0 Å². The van der Waals surface area contributed by atoms with Crippen molar-refractivity contribution in [2.75, 3.05) is 16.8 Å². The summed E-state index contributed by atoms with van der Waals surface area (Å²) in [6.45, 7) is 3.94. The van der Waals surface area contributed by atoms with Crippen molar-refractivity contribution in [1.29, 1.82) is 0 Å². The van der Waals surface area contributed by atoms with Crippen molar-refractivity contribution in [3.63, 3.8) is 0 Å². The number of allylic oxidation sites excluding steroid dienone is 1. The molecule has 3 rings (SSSR count). The molecule has 0 atom stereocenters. The van der Waals surface area contributed by atoms with Crippen molar-refractivity contribution >= 4 is 45.8 Å². The van der Waals surface area contributed by atoms with Gasteiger partial charge in [-0.05, 0) is 49.3 Å². The summed E-state index contributed by atoms with van der Waals surface area (Å²) in [5.74, 6) is -0.185. The van der Waals surface area contributed by atoms with E-state index in [1.165, 1.54) is 24.3 Å². The average Bonchev–Trinajstić information content (AvgIpc) is 3.08. The monoisotopic (exact) mass is 369 g/mol. The van der Waals surface area contributed by atoms with Crippen molar-refractivity contribution in [2.45, 2.75) is 26.7 Å². The quantitative estimate of drug-likeness (QED) is 0.648. The minimum atomic E-state index is -0.127. The second-order valence-electron chi connectivity index (χ2n) is 5.94. The minimum Gasteiger partial charge on any atom is -0.326 e. The molecular weight excluding hydrogens is 350 g/mol. The van der Waals surface area contributed by atoms with Crippen molar-refractivity contribution < 1.29 is 14.4 Å². The van der Waals surface area contributed by atoms with Crippen LogP contribution < -0.4 is 10.2 Å². The summed E-state index contributed by atoms with van der Waals surface area (Å²) < 4.78 is 0. The molecule has 0 radical (unpaired) electrons. The number of nitrogens with zero attached hydrogens (tertiary/aromatic N) is 2. The summed E-state index contributed by atoms with van der Waals surface area (Å²) in [7, 11) is 0. The molecule has 1 aliphatic heterocycles. The Morgan fingerprint density at radius 2 is 2.15 bits per heavy atom. The Morgan fingerprint density at radius 3 is 2.88 bits per heavy atom. The highest BCUT2D eigenvalue weighted by atomic mass is 32.1. The van der Waals surface area contributed by atoms with Gasteiger partial charge in [-0.3, -0.25) is 19.3 Å². The fraction of sp³-hybridized carbons (Fsp3) is 0.263. The van der Waals surface area contributed by atoms with E-state index in [9.17, 15) is 14.4 Å². The van der Waals surface area contributed by atoms with Gasteiger partial charge in [0, 0.05) is 36.5 Å². The van der Waals surface area contributed by atoms with E-state index >= 15 is 0 Å². The number of hydrogen-bond acceptors (Lipinski definition) is 5. The van der Waals surface area contributed by atoms with E-state index in [1.54, 1.807) is 23.1 Å². The number of rotatable bonds is 5. The maximum atomic E-state index is 12.4.